The van der Waals surface area contributed by atoms with Crippen LogP contribution in [0.25, 0.3) is 0 Å². The van der Waals surface area contributed by atoms with Gasteiger partial charge in [-0.3, -0.25) is 9.40 Å². The van der Waals surface area contributed by atoms with Gasteiger partial charge in [-0.2, -0.15) is 5.10 Å². The van der Waals surface area contributed by atoms with Crippen molar-refractivity contribution >= 4 is 27.0 Å². The minimum Gasteiger partial charge on any atom is -0.312 e. The molecule has 2 heterocycles. The van der Waals surface area contributed by atoms with Crippen molar-refractivity contribution in [3.63, 3.8) is 0 Å². The van der Waals surface area contributed by atoms with Gasteiger partial charge in [0, 0.05) is 24.7 Å². The quantitative estimate of drug-likeness (QED) is 0.763. The molecule has 0 radical (unpaired) electrons. The number of rotatable bonds is 7. The van der Waals surface area contributed by atoms with E-state index in [-0.39, 0.29) is 0 Å². The van der Waals surface area contributed by atoms with E-state index in [9.17, 15) is 8.42 Å². The molecular formula is C13H20N4O2S2. The van der Waals surface area contributed by atoms with Crippen molar-refractivity contribution in [2.75, 3.05) is 11.3 Å². The second-order valence-corrected chi connectivity index (χ2v) is 7.44. The molecule has 116 valence electrons. The van der Waals surface area contributed by atoms with Gasteiger partial charge in [0.05, 0.1) is 11.4 Å². The fraction of sp³-hybridized carbons (Fsp3) is 0.462. The third kappa shape index (κ3) is 3.84. The Morgan fingerprint density at radius 1 is 1.43 bits per heavy atom. The van der Waals surface area contributed by atoms with Crippen LogP contribution in [0.4, 0.5) is 5.69 Å². The summed E-state index contributed by atoms with van der Waals surface area (Å²) < 4.78 is 29.2. The molecule has 21 heavy (non-hydrogen) atoms. The van der Waals surface area contributed by atoms with Gasteiger partial charge in [0.1, 0.15) is 4.90 Å². The smallest absolute Gasteiger partial charge is 0.263 e. The van der Waals surface area contributed by atoms with Crippen LogP contribution in [-0.2, 0) is 23.6 Å². The lowest BCUT2D eigenvalue weighted by Crippen LogP contribution is -2.18. The number of aryl methyl sites for hydroxylation is 2. The summed E-state index contributed by atoms with van der Waals surface area (Å²) in [5.74, 6) is 0. The lowest BCUT2D eigenvalue weighted by Gasteiger charge is -2.08. The van der Waals surface area contributed by atoms with Crippen LogP contribution < -0.4 is 10.0 Å². The van der Waals surface area contributed by atoms with E-state index in [4.69, 9.17) is 0 Å². The summed E-state index contributed by atoms with van der Waals surface area (Å²) in [5.41, 5.74) is 1.16. The van der Waals surface area contributed by atoms with Crippen LogP contribution in [0.3, 0.4) is 0 Å². The van der Waals surface area contributed by atoms with E-state index in [1.165, 1.54) is 11.3 Å². The summed E-state index contributed by atoms with van der Waals surface area (Å²) in [7, 11) is -1.82. The Hall–Kier alpha value is -1.38. The molecule has 0 bridgehead atoms. The molecule has 2 rings (SSSR count). The van der Waals surface area contributed by atoms with E-state index < -0.39 is 10.0 Å². The number of nitrogens with zero attached hydrogens (tertiary/aromatic N) is 2. The summed E-state index contributed by atoms with van der Waals surface area (Å²) in [6.07, 6.45) is 2.68. The first-order valence-corrected chi connectivity index (χ1v) is 9.10. The normalized spacial score (nSPS) is 11.8. The number of hydrogen-bond donors (Lipinski definition) is 2. The van der Waals surface area contributed by atoms with Crippen molar-refractivity contribution < 1.29 is 8.42 Å². The number of anilines is 1. The lowest BCUT2D eigenvalue weighted by molar-refractivity contribution is 0.599. The number of nitrogens with one attached hydrogen (secondary N) is 2. The highest BCUT2D eigenvalue weighted by atomic mass is 32.2. The van der Waals surface area contributed by atoms with E-state index in [0.29, 0.717) is 22.8 Å². The maximum absolute atomic E-state index is 12.5. The van der Waals surface area contributed by atoms with Crippen LogP contribution in [0.1, 0.15) is 23.9 Å². The van der Waals surface area contributed by atoms with Gasteiger partial charge in [-0.15, -0.1) is 11.3 Å². The molecule has 2 N–H and O–H groups in total. The topological polar surface area (TPSA) is 76.0 Å². The molecule has 0 saturated carbocycles. The minimum absolute atomic E-state index is 0.333. The Morgan fingerprint density at radius 2 is 2.19 bits per heavy atom. The van der Waals surface area contributed by atoms with Gasteiger partial charge < -0.3 is 5.32 Å². The molecule has 0 aromatic carbocycles. The van der Waals surface area contributed by atoms with Crippen LogP contribution >= 0.6 is 11.3 Å². The van der Waals surface area contributed by atoms with Crippen molar-refractivity contribution in [1.29, 1.82) is 0 Å². The summed E-state index contributed by atoms with van der Waals surface area (Å²) >= 11 is 1.44. The Labute approximate surface area is 129 Å². The van der Waals surface area contributed by atoms with Gasteiger partial charge in [-0.25, -0.2) is 8.42 Å². The monoisotopic (exact) mass is 328 g/mol. The summed E-state index contributed by atoms with van der Waals surface area (Å²) in [6, 6.07) is 1.64. The van der Waals surface area contributed by atoms with E-state index in [1.807, 2.05) is 0 Å². The summed E-state index contributed by atoms with van der Waals surface area (Å²) in [4.78, 5) is 1.15. The highest BCUT2D eigenvalue weighted by Crippen LogP contribution is 2.25. The second-order valence-electron chi connectivity index (χ2n) is 4.79. The molecule has 0 unspecified atom stereocenters. The maximum Gasteiger partial charge on any atom is 0.263 e. The van der Waals surface area contributed by atoms with E-state index in [2.05, 4.69) is 22.1 Å². The molecule has 0 spiro atoms. The van der Waals surface area contributed by atoms with Gasteiger partial charge >= 0.3 is 0 Å². The second kappa shape index (κ2) is 6.59. The third-order valence-corrected chi connectivity index (χ3v) is 5.46. The molecule has 6 nitrogen and oxygen atoms in total. The molecule has 8 heteroatoms. The average molecular weight is 328 g/mol. The van der Waals surface area contributed by atoms with Crippen LogP contribution in [0.5, 0.6) is 0 Å². The molecular weight excluding hydrogens is 308 g/mol. The van der Waals surface area contributed by atoms with Gasteiger partial charge in [0.25, 0.3) is 10.0 Å². The first-order valence-electron chi connectivity index (χ1n) is 6.74. The third-order valence-electron chi connectivity index (χ3n) is 2.96. The molecule has 2 aromatic heterocycles. The molecule has 0 saturated heterocycles. The average Bonchev–Trinajstić information content (AvgIpc) is 2.97. The highest BCUT2D eigenvalue weighted by molar-refractivity contribution is 7.93. The Balaban J connectivity index is 2.20. The maximum atomic E-state index is 12.5. The van der Waals surface area contributed by atoms with Crippen LogP contribution in [0.2, 0.25) is 0 Å². The van der Waals surface area contributed by atoms with Gasteiger partial charge in [-0.05, 0) is 31.3 Å². The number of aromatic nitrogens is 2. The fourth-order valence-corrected chi connectivity index (χ4v) is 4.49. The Kier molecular flexibility index (Phi) is 5.02. The van der Waals surface area contributed by atoms with Gasteiger partial charge in [0.2, 0.25) is 0 Å². The first kappa shape index (κ1) is 16.0. The largest absolute Gasteiger partial charge is 0.312 e. The number of sulfonamides is 1. The van der Waals surface area contributed by atoms with E-state index in [1.54, 1.807) is 36.3 Å². The molecule has 0 fully saturated rings. The van der Waals surface area contributed by atoms with Crippen molar-refractivity contribution in [2.45, 2.75) is 31.7 Å². The Morgan fingerprint density at radius 3 is 2.81 bits per heavy atom. The van der Waals surface area contributed by atoms with Crippen LogP contribution in [0.15, 0.2) is 22.5 Å². The SMILES string of the molecule is CCCNCc1sccc1S(=O)(=O)Nc1cn(C)nc1C. The minimum atomic E-state index is -3.58. The summed E-state index contributed by atoms with van der Waals surface area (Å²) in [5, 5.41) is 9.17. The molecule has 0 aliphatic carbocycles. The number of thiophene rings is 1. The summed E-state index contributed by atoms with van der Waals surface area (Å²) in [6.45, 7) is 5.28. The zero-order valence-electron chi connectivity index (χ0n) is 12.4. The Bertz CT molecular complexity index is 704. The van der Waals surface area contributed by atoms with Crippen molar-refractivity contribution in [3.05, 3.63) is 28.2 Å². The van der Waals surface area contributed by atoms with Gasteiger partial charge in [-0.1, -0.05) is 6.92 Å². The standard InChI is InChI=1S/C13H20N4O2S2/c1-4-6-14-8-12-13(5-7-20-12)21(18,19)16-11-9-17(3)15-10(11)2/h5,7,9,14,16H,4,6,8H2,1-3H3. The first-order chi connectivity index (χ1) is 9.94. The molecule has 0 amide bonds. The van der Waals surface area contributed by atoms with Crippen molar-refractivity contribution in [1.82, 2.24) is 15.1 Å². The van der Waals surface area contributed by atoms with Crippen molar-refractivity contribution in [3.8, 4) is 0 Å². The van der Waals surface area contributed by atoms with Crippen molar-refractivity contribution in [2.24, 2.45) is 7.05 Å². The van der Waals surface area contributed by atoms with Crippen LogP contribution in [0, 0.1) is 6.92 Å². The molecule has 2 aromatic rings. The lowest BCUT2D eigenvalue weighted by atomic mass is 10.4. The zero-order chi connectivity index (χ0) is 15.5. The fourth-order valence-electron chi connectivity index (χ4n) is 1.98. The van der Waals surface area contributed by atoms with E-state index in [0.717, 1.165) is 17.8 Å². The predicted octanol–water partition coefficient (Wildman–Crippen LogP) is 2.09. The number of hydrogen-bond acceptors (Lipinski definition) is 5. The predicted molar refractivity (Wildman–Crippen MR) is 85.1 cm³/mol. The van der Waals surface area contributed by atoms with Gasteiger partial charge in [0.15, 0.2) is 0 Å². The highest BCUT2D eigenvalue weighted by Gasteiger charge is 2.21. The van der Waals surface area contributed by atoms with E-state index >= 15 is 0 Å². The zero-order valence-corrected chi connectivity index (χ0v) is 14.0. The molecule has 0 atom stereocenters. The molecule has 0 aliphatic rings. The van der Waals surface area contributed by atoms with Crippen LogP contribution in [-0.4, -0.2) is 24.7 Å². The molecule has 0 aliphatic heterocycles.